The lowest BCUT2D eigenvalue weighted by Crippen LogP contribution is -2.46. The lowest BCUT2D eigenvalue weighted by Gasteiger charge is -2.38. The van der Waals surface area contributed by atoms with E-state index in [1.54, 1.807) is 0 Å². The predicted octanol–water partition coefficient (Wildman–Crippen LogP) is 4.68. The number of para-hydroxylation sites is 2. The molecule has 1 amide bonds. The Labute approximate surface area is 151 Å². The van der Waals surface area contributed by atoms with Crippen molar-refractivity contribution in [3.8, 4) is 5.75 Å². The van der Waals surface area contributed by atoms with Gasteiger partial charge in [0.1, 0.15) is 11.4 Å². The Balaban J connectivity index is 2.00. The number of carbonyl (C=O) groups is 1. The summed E-state index contributed by atoms with van der Waals surface area (Å²) in [5.74, 6) is 0.693. The molecule has 0 heterocycles. The maximum Gasteiger partial charge on any atom is 0.412 e. The van der Waals surface area contributed by atoms with E-state index in [4.69, 9.17) is 9.47 Å². The molecule has 1 aromatic carbocycles. The summed E-state index contributed by atoms with van der Waals surface area (Å²) in [6.45, 7) is 3.53. The first kappa shape index (κ1) is 19.6. The molecule has 0 unspecified atom stereocenters. The minimum Gasteiger partial charge on any atom is -0.491 e. The highest BCUT2D eigenvalue weighted by molar-refractivity contribution is 5.87. The molecule has 0 radical (unpaired) electrons. The van der Waals surface area contributed by atoms with Crippen LogP contribution in [0.4, 0.5) is 10.5 Å². The molecule has 5 nitrogen and oxygen atoms in total. The summed E-state index contributed by atoms with van der Waals surface area (Å²) in [5.41, 5.74) is 0.281. The smallest absolute Gasteiger partial charge is 0.412 e. The highest BCUT2D eigenvalue weighted by atomic mass is 16.6. The summed E-state index contributed by atoms with van der Waals surface area (Å²) in [5, 5.41) is 2.88. The van der Waals surface area contributed by atoms with Crippen LogP contribution in [-0.4, -0.2) is 43.8 Å². The average molecular weight is 348 g/mol. The lowest BCUT2D eigenvalue weighted by molar-refractivity contribution is -0.0261. The molecule has 1 N–H and O–H groups in total. The van der Waals surface area contributed by atoms with E-state index >= 15 is 0 Å². The first-order chi connectivity index (χ1) is 12.0. The average Bonchev–Trinajstić information content (AvgIpc) is 2.56. The number of hydrogen-bond acceptors (Lipinski definition) is 4. The second kappa shape index (κ2) is 9.66. The minimum absolute atomic E-state index is 0.385. The number of likely N-dealkylation sites (N-methyl/N-ethyl adjacent to an activating group) is 1. The fourth-order valence-corrected chi connectivity index (χ4v) is 3.42. The van der Waals surface area contributed by atoms with Gasteiger partial charge < -0.3 is 14.4 Å². The van der Waals surface area contributed by atoms with Gasteiger partial charge in [-0.05, 0) is 58.3 Å². The molecule has 5 heteroatoms. The maximum atomic E-state index is 12.5. The van der Waals surface area contributed by atoms with Gasteiger partial charge in [0.2, 0.25) is 0 Å². The zero-order valence-corrected chi connectivity index (χ0v) is 15.8. The number of nitrogens with zero attached hydrogens (tertiary/aromatic N) is 1. The number of nitrogens with one attached hydrogen (secondary N) is 1. The van der Waals surface area contributed by atoms with Gasteiger partial charge in [0.25, 0.3) is 0 Å². The number of rotatable bonds is 8. The third kappa shape index (κ3) is 6.24. The van der Waals surface area contributed by atoms with Gasteiger partial charge in [0, 0.05) is 6.54 Å². The van der Waals surface area contributed by atoms with Crippen LogP contribution in [0.25, 0.3) is 0 Å². The third-order valence-corrected chi connectivity index (χ3v) is 4.56. The van der Waals surface area contributed by atoms with Crippen molar-refractivity contribution in [1.82, 2.24) is 4.90 Å². The van der Waals surface area contributed by atoms with E-state index in [-0.39, 0.29) is 5.60 Å². The summed E-state index contributed by atoms with van der Waals surface area (Å²) in [7, 11) is 4.04. The van der Waals surface area contributed by atoms with E-state index in [9.17, 15) is 4.79 Å². The molecule has 0 atom stereocenters. The first-order valence-corrected chi connectivity index (χ1v) is 9.41. The van der Waals surface area contributed by atoms with Crippen LogP contribution < -0.4 is 10.1 Å². The summed E-state index contributed by atoms with van der Waals surface area (Å²) in [4.78, 5) is 14.6. The molecule has 0 aromatic heterocycles. The van der Waals surface area contributed by atoms with Crippen LogP contribution >= 0.6 is 0 Å². The molecule has 0 spiro atoms. The SMILES string of the molecule is CCCCOc1ccccc1NC(=O)OC1(CN(C)C)CCCCC1. The molecular weight excluding hydrogens is 316 g/mol. The fourth-order valence-electron chi connectivity index (χ4n) is 3.42. The van der Waals surface area contributed by atoms with Crippen LogP contribution in [0.15, 0.2) is 24.3 Å². The molecule has 0 aliphatic heterocycles. The standard InChI is InChI=1S/C20H32N2O3/c1-4-5-15-24-18-12-8-7-11-17(18)21-19(23)25-20(16-22(2)3)13-9-6-10-14-20/h7-8,11-12H,4-6,9-10,13-16H2,1-3H3,(H,21,23). The van der Waals surface area contributed by atoms with Crippen LogP contribution in [0.5, 0.6) is 5.75 Å². The van der Waals surface area contributed by atoms with Gasteiger partial charge in [-0.15, -0.1) is 0 Å². The largest absolute Gasteiger partial charge is 0.491 e. The van der Waals surface area contributed by atoms with E-state index < -0.39 is 6.09 Å². The topological polar surface area (TPSA) is 50.8 Å². The minimum atomic E-state index is -0.393. The monoisotopic (exact) mass is 348 g/mol. The molecule has 1 aromatic rings. The molecule has 1 aliphatic rings. The maximum absolute atomic E-state index is 12.5. The van der Waals surface area contributed by atoms with Gasteiger partial charge in [-0.2, -0.15) is 0 Å². The molecule has 1 fully saturated rings. The van der Waals surface area contributed by atoms with Crippen molar-refractivity contribution in [2.24, 2.45) is 0 Å². The van der Waals surface area contributed by atoms with Gasteiger partial charge in [0.15, 0.2) is 0 Å². The summed E-state index contributed by atoms with van der Waals surface area (Å²) < 4.78 is 11.7. The number of ether oxygens (including phenoxy) is 2. The van der Waals surface area contributed by atoms with Crippen LogP contribution in [0, 0.1) is 0 Å². The number of benzene rings is 1. The number of unbranched alkanes of at least 4 members (excludes halogenated alkanes) is 1. The van der Waals surface area contributed by atoms with E-state index in [1.807, 2.05) is 38.4 Å². The van der Waals surface area contributed by atoms with Gasteiger partial charge in [-0.25, -0.2) is 4.79 Å². The molecule has 1 aliphatic carbocycles. The van der Waals surface area contributed by atoms with E-state index in [2.05, 4.69) is 17.1 Å². The molecule has 0 bridgehead atoms. The Bertz CT molecular complexity index is 539. The van der Waals surface area contributed by atoms with Crippen molar-refractivity contribution < 1.29 is 14.3 Å². The predicted molar refractivity (Wildman–Crippen MR) is 101 cm³/mol. The first-order valence-electron chi connectivity index (χ1n) is 9.41. The summed E-state index contributed by atoms with van der Waals surface area (Å²) >= 11 is 0. The Morgan fingerprint density at radius 3 is 2.60 bits per heavy atom. The Hall–Kier alpha value is -1.75. The molecule has 140 valence electrons. The number of hydrogen-bond donors (Lipinski definition) is 1. The van der Waals surface area contributed by atoms with Gasteiger partial charge in [-0.3, -0.25) is 5.32 Å². The Morgan fingerprint density at radius 2 is 1.92 bits per heavy atom. The molecule has 25 heavy (non-hydrogen) atoms. The van der Waals surface area contributed by atoms with E-state index in [0.29, 0.717) is 18.0 Å². The van der Waals surface area contributed by atoms with E-state index in [0.717, 1.165) is 45.1 Å². The molecule has 0 saturated heterocycles. The number of amides is 1. The van der Waals surface area contributed by atoms with E-state index in [1.165, 1.54) is 6.42 Å². The number of anilines is 1. The fraction of sp³-hybridized carbons (Fsp3) is 0.650. The normalized spacial score (nSPS) is 16.5. The van der Waals surface area contributed by atoms with Crippen molar-refractivity contribution >= 4 is 11.8 Å². The van der Waals surface area contributed by atoms with Crippen molar-refractivity contribution in [2.45, 2.75) is 57.5 Å². The summed E-state index contributed by atoms with van der Waals surface area (Å²) in [6, 6.07) is 7.52. The third-order valence-electron chi connectivity index (χ3n) is 4.56. The second-order valence-electron chi connectivity index (χ2n) is 7.19. The molecule has 1 saturated carbocycles. The second-order valence-corrected chi connectivity index (χ2v) is 7.19. The molecule has 2 rings (SSSR count). The zero-order chi connectivity index (χ0) is 18.1. The van der Waals surface area contributed by atoms with Gasteiger partial charge in [0.05, 0.1) is 12.3 Å². The van der Waals surface area contributed by atoms with Crippen LogP contribution in [0.2, 0.25) is 0 Å². The number of carbonyl (C=O) groups excluding carboxylic acids is 1. The quantitative estimate of drug-likeness (QED) is 0.693. The summed E-state index contributed by atoms with van der Waals surface area (Å²) in [6.07, 6.45) is 6.95. The van der Waals surface area contributed by atoms with Crippen molar-refractivity contribution in [2.75, 3.05) is 32.6 Å². The van der Waals surface area contributed by atoms with Crippen LogP contribution in [0.1, 0.15) is 51.9 Å². The highest BCUT2D eigenvalue weighted by Crippen LogP contribution is 2.33. The van der Waals surface area contributed by atoms with Crippen molar-refractivity contribution in [3.05, 3.63) is 24.3 Å². The van der Waals surface area contributed by atoms with Gasteiger partial charge >= 0.3 is 6.09 Å². The lowest BCUT2D eigenvalue weighted by atomic mass is 9.84. The zero-order valence-electron chi connectivity index (χ0n) is 15.8. The van der Waals surface area contributed by atoms with Crippen LogP contribution in [0.3, 0.4) is 0 Å². The van der Waals surface area contributed by atoms with Crippen molar-refractivity contribution in [1.29, 1.82) is 0 Å². The van der Waals surface area contributed by atoms with Crippen LogP contribution in [-0.2, 0) is 4.74 Å². The van der Waals surface area contributed by atoms with Crippen molar-refractivity contribution in [3.63, 3.8) is 0 Å². The molecular formula is C20H32N2O3. The highest BCUT2D eigenvalue weighted by Gasteiger charge is 2.36. The Morgan fingerprint density at radius 1 is 1.20 bits per heavy atom. The van der Waals surface area contributed by atoms with Gasteiger partial charge in [-0.1, -0.05) is 31.9 Å². The Kier molecular flexibility index (Phi) is 7.56.